The fraction of sp³-hybridized carbons (Fsp3) is 0.238. The molecule has 0 aliphatic carbocycles. The van der Waals surface area contributed by atoms with Gasteiger partial charge in [-0.15, -0.1) is 0 Å². The fourth-order valence-electron chi connectivity index (χ4n) is 4.21. The van der Waals surface area contributed by atoms with E-state index < -0.39 is 0 Å². The minimum atomic E-state index is -0.351. The van der Waals surface area contributed by atoms with Crippen LogP contribution in [-0.2, 0) is 6.42 Å². The molecule has 2 aromatic carbocycles. The summed E-state index contributed by atoms with van der Waals surface area (Å²) in [6.07, 6.45) is 0.869. The smallest absolute Gasteiger partial charge is 0.261 e. The largest absolute Gasteiger partial charge is 0.459 e. The zero-order valence-corrected chi connectivity index (χ0v) is 16.8. The van der Waals surface area contributed by atoms with Crippen molar-refractivity contribution in [1.82, 2.24) is 10.2 Å². The first-order chi connectivity index (χ1) is 13.1. The minimum absolute atomic E-state index is 0.221. The maximum atomic E-state index is 12.9. The van der Waals surface area contributed by atoms with Crippen molar-refractivity contribution in [2.45, 2.75) is 25.4 Å². The van der Waals surface area contributed by atoms with Crippen LogP contribution in [0.2, 0.25) is 0 Å². The molecule has 1 N–H and O–H groups in total. The number of carbonyl (C=O) groups is 2. The van der Waals surface area contributed by atoms with Crippen LogP contribution in [0.3, 0.4) is 0 Å². The van der Waals surface area contributed by atoms with Crippen molar-refractivity contribution in [1.29, 1.82) is 0 Å². The number of amides is 2. The highest BCUT2D eigenvalue weighted by Gasteiger charge is 2.43. The highest BCUT2D eigenvalue weighted by atomic mass is 127. The molecule has 136 valence electrons. The molecule has 0 radical (unpaired) electrons. The van der Waals surface area contributed by atoms with Crippen LogP contribution in [0, 0.1) is 3.57 Å². The third kappa shape index (κ3) is 2.46. The second kappa shape index (κ2) is 6.17. The van der Waals surface area contributed by atoms with Gasteiger partial charge in [-0.25, -0.2) is 0 Å². The average Bonchev–Trinajstić information content (AvgIpc) is 3.16. The standard InChI is InChI=1S/C21H17IN2O3/c1-11(24-20(25)15-4-2-3-5-16(15)21(24)26)18-19-14(8-9-23-18)13-7-6-12(22)10-17(13)27-19/h2-7,10-11,18,23H,8-9H2,1H3. The van der Waals surface area contributed by atoms with E-state index in [0.717, 1.165) is 33.3 Å². The summed E-state index contributed by atoms with van der Waals surface area (Å²) in [6, 6.07) is 12.6. The van der Waals surface area contributed by atoms with Crippen LogP contribution in [0.25, 0.3) is 11.0 Å². The van der Waals surface area contributed by atoms with E-state index in [1.807, 2.05) is 13.0 Å². The number of hydrogen-bond donors (Lipinski definition) is 1. The van der Waals surface area contributed by atoms with Gasteiger partial charge in [0.15, 0.2) is 0 Å². The lowest BCUT2D eigenvalue weighted by molar-refractivity contribution is 0.0553. The van der Waals surface area contributed by atoms with Crippen molar-refractivity contribution in [3.8, 4) is 0 Å². The van der Waals surface area contributed by atoms with Crippen molar-refractivity contribution in [2.24, 2.45) is 0 Å². The number of hydrogen-bond acceptors (Lipinski definition) is 4. The minimum Gasteiger partial charge on any atom is -0.459 e. The second-order valence-electron chi connectivity index (χ2n) is 7.03. The molecule has 0 saturated carbocycles. The molecule has 0 bridgehead atoms. The molecule has 2 aliphatic rings. The number of halogens is 1. The summed E-state index contributed by atoms with van der Waals surface area (Å²) in [5.74, 6) is 0.368. The summed E-state index contributed by atoms with van der Waals surface area (Å²) in [4.78, 5) is 27.1. The molecule has 2 atom stereocenters. The fourth-order valence-corrected chi connectivity index (χ4v) is 4.68. The van der Waals surface area contributed by atoms with E-state index in [-0.39, 0.29) is 23.9 Å². The first-order valence-electron chi connectivity index (χ1n) is 8.97. The van der Waals surface area contributed by atoms with Gasteiger partial charge in [-0.1, -0.05) is 12.1 Å². The summed E-state index contributed by atoms with van der Waals surface area (Å²) >= 11 is 2.27. The Morgan fingerprint density at radius 1 is 1.15 bits per heavy atom. The normalized spacial score (nSPS) is 20.1. The van der Waals surface area contributed by atoms with E-state index in [1.165, 1.54) is 10.5 Å². The lowest BCUT2D eigenvalue weighted by Gasteiger charge is -2.32. The maximum absolute atomic E-state index is 12.9. The molecule has 1 aromatic heterocycles. The van der Waals surface area contributed by atoms with Gasteiger partial charge in [0.1, 0.15) is 11.3 Å². The zero-order chi connectivity index (χ0) is 18.7. The van der Waals surface area contributed by atoms with Gasteiger partial charge < -0.3 is 9.73 Å². The van der Waals surface area contributed by atoms with Crippen LogP contribution >= 0.6 is 22.6 Å². The maximum Gasteiger partial charge on any atom is 0.261 e. The number of rotatable bonds is 2. The second-order valence-corrected chi connectivity index (χ2v) is 8.28. The van der Waals surface area contributed by atoms with Crippen LogP contribution in [0.4, 0.5) is 0 Å². The van der Waals surface area contributed by atoms with Gasteiger partial charge in [0.05, 0.1) is 23.2 Å². The molecule has 0 spiro atoms. The highest BCUT2D eigenvalue weighted by molar-refractivity contribution is 14.1. The summed E-state index contributed by atoms with van der Waals surface area (Å²) in [7, 11) is 0. The number of fused-ring (bicyclic) bond motifs is 4. The first-order valence-corrected chi connectivity index (χ1v) is 10.1. The lowest BCUT2D eigenvalue weighted by Crippen LogP contribution is -2.47. The number of nitrogens with zero attached hydrogens (tertiary/aromatic N) is 1. The van der Waals surface area contributed by atoms with Crippen molar-refractivity contribution in [3.63, 3.8) is 0 Å². The number of benzene rings is 2. The van der Waals surface area contributed by atoms with E-state index >= 15 is 0 Å². The number of furan rings is 1. The monoisotopic (exact) mass is 472 g/mol. The number of imide groups is 1. The predicted molar refractivity (Wildman–Crippen MR) is 110 cm³/mol. The Morgan fingerprint density at radius 3 is 2.56 bits per heavy atom. The van der Waals surface area contributed by atoms with Crippen LogP contribution in [0.1, 0.15) is 45.0 Å². The molecular formula is C21H17IN2O3. The lowest BCUT2D eigenvalue weighted by atomic mass is 9.95. The van der Waals surface area contributed by atoms with Crippen LogP contribution in [-0.4, -0.2) is 29.3 Å². The number of carbonyl (C=O) groups excluding carboxylic acids is 2. The topological polar surface area (TPSA) is 62.6 Å². The summed E-state index contributed by atoms with van der Waals surface area (Å²) in [5.41, 5.74) is 2.98. The molecule has 6 heteroatoms. The molecule has 5 rings (SSSR count). The van der Waals surface area contributed by atoms with Crippen molar-refractivity contribution in [2.75, 3.05) is 6.54 Å². The molecule has 3 heterocycles. The Hall–Kier alpha value is -2.19. The SMILES string of the molecule is CC(C1NCCc2c1oc1cc(I)ccc21)N1C(=O)c2ccccc2C1=O. The molecule has 27 heavy (non-hydrogen) atoms. The molecule has 3 aromatic rings. The third-order valence-corrected chi connectivity index (χ3v) is 6.19. The Balaban J connectivity index is 1.56. The Morgan fingerprint density at radius 2 is 1.85 bits per heavy atom. The molecule has 0 saturated heterocycles. The van der Waals surface area contributed by atoms with Gasteiger partial charge >= 0.3 is 0 Å². The van der Waals surface area contributed by atoms with Crippen molar-refractivity contribution >= 4 is 45.4 Å². The van der Waals surface area contributed by atoms with Gasteiger partial charge in [0, 0.05) is 21.1 Å². The summed E-state index contributed by atoms with van der Waals surface area (Å²) < 4.78 is 7.31. The summed E-state index contributed by atoms with van der Waals surface area (Å²) in [6.45, 7) is 2.69. The van der Waals surface area contributed by atoms with Gasteiger partial charge in [-0.2, -0.15) is 0 Å². The molecule has 0 fully saturated rings. The van der Waals surface area contributed by atoms with E-state index in [9.17, 15) is 9.59 Å². The molecule has 2 aliphatic heterocycles. The van der Waals surface area contributed by atoms with Crippen molar-refractivity contribution < 1.29 is 14.0 Å². The summed E-state index contributed by atoms with van der Waals surface area (Å²) in [5, 5.41) is 4.57. The molecule has 2 unspecified atom stereocenters. The predicted octanol–water partition coefficient (Wildman–Crippen LogP) is 3.91. The van der Waals surface area contributed by atoms with Crippen molar-refractivity contribution in [3.05, 3.63) is 68.5 Å². The highest BCUT2D eigenvalue weighted by Crippen LogP contribution is 2.37. The van der Waals surface area contributed by atoms with Gasteiger partial charge in [-0.3, -0.25) is 14.5 Å². The van der Waals surface area contributed by atoms with E-state index in [4.69, 9.17) is 4.42 Å². The quantitative estimate of drug-likeness (QED) is 0.454. The Labute approximate surface area is 169 Å². The zero-order valence-electron chi connectivity index (χ0n) is 14.7. The molecule has 2 amide bonds. The van der Waals surface area contributed by atoms with Crippen LogP contribution in [0.15, 0.2) is 46.9 Å². The molecular weight excluding hydrogens is 455 g/mol. The number of nitrogens with one attached hydrogen (secondary N) is 1. The van der Waals surface area contributed by atoms with Gasteiger partial charge in [0.2, 0.25) is 0 Å². The third-order valence-electron chi connectivity index (χ3n) is 5.52. The van der Waals surface area contributed by atoms with E-state index in [0.29, 0.717) is 11.1 Å². The van der Waals surface area contributed by atoms with Crippen LogP contribution in [0.5, 0.6) is 0 Å². The Kier molecular flexibility index (Phi) is 3.87. The van der Waals surface area contributed by atoms with Gasteiger partial charge in [0.25, 0.3) is 11.8 Å². The van der Waals surface area contributed by atoms with E-state index in [1.54, 1.807) is 24.3 Å². The Bertz CT molecular complexity index is 1070. The molecule has 5 nitrogen and oxygen atoms in total. The average molecular weight is 472 g/mol. The first kappa shape index (κ1) is 16.9. The van der Waals surface area contributed by atoms with Crippen LogP contribution < -0.4 is 5.32 Å². The van der Waals surface area contributed by atoms with Gasteiger partial charge in [-0.05, 0) is 66.3 Å². The van der Waals surface area contributed by atoms with E-state index in [2.05, 4.69) is 40.0 Å².